The number of fused-ring (bicyclic) bond motifs is 1. The number of rotatable bonds is 3. The molecule has 4 bridgehead atoms. The number of H-pyrrole nitrogens is 1. The molecule has 25 heavy (non-hydrogen) atoms. The van der Waals surface area contributed by atoms with Gasteiger partial charge in [0.05, 0.1) is 16.9 Å². The van der Waals surface area contributed by atoms with Crippen molar-refractivity contribution < 1.29 is 9.90 Å². The Bertz CT molecular complexity index is 820. The number of carbonyl (C=O) groups excluding carboxylic acids is 1. The number of nitrogens with zero attached hydrogens (tertiary/aromatic N) is 1. The van der Waals surface area contributed by atoms with Gasteiger partial charge in [0.2, 0.25) is 0 Å². The van der Waals surface area contributed by atoms with Crippen molar-refractivity contribution in [1.82, 2.24) is 9.97 Å². The largest absolute Gasteiger partial charge is 0.390 e. The number of halogens is 1. The van der Waals surface area contributed by atoms with Crippen molar-refractivity contribution in [2.24, 2.45) is 23.5 Å². The van der Waals surface area contributed by atoms with Crippen LogP contribution in [-0.2, 0) is 0 Å². The molecule has 4 saturated carbocycles. The molecule has 4 aliphatic rings. The number of aromatic nitrogens is 2. The molecule has 0 unspecified atom stereocenters. The minimum absolute atomic E-state index is 0. The first kappa shape index (κ1) is 16.8. The van der Waals surface area contributed by atoms with Crippen molar-refractivity contribution >= 4 is 39.6 Å². The predicted octanol–water partition coefficient (Wildman–Crippen LogP) is 2.59. The highest BCUT2D eigenvalue weighted by Gasteiger charge is 2.54. The Morgan fingerprint density at radius 1 is 1.32 bits per heavy atom. The topological polar surface area (TPSA) is 104 Å². The molecule has 2 aromatic heterocycles. The molecular weight excluding hydrogens is 384 g/mol. The van der Waals surface area contributed by atoms with Gasteiger partial charge in [-0.1, -0.05) is 0 Å². The van der Waals surface area contributed by atoms with Crippen molar-refractivity contribution in [3.63, 3.8) is 0 Å². The SMILES string of the molecule is Br.NC(=O)c1cnc2[nH]ccc2c1N[C@H]1[C@@H]2C[C@H]3C[C@H]1C[C@@](O)(C3)C2. The minimum Gasteiger partial charge on any atom is -0.390 e. The molecule has 4 aliphatic carbocycles. The number of hydrogen-bond donors (Lipinski definition) is 4. The number of aromatic amines is 1. The highest BCUT2D eigenvalue weighted by Crippen LogP contribution is 2.56. The van der Waals surface area contributed by atoms with Crippen LogP contribution in [0.5, 0.6) is 0 Å². The Morgan fingerprint density at radius 2 is 2.04 bits per heavy atom. The molecule has 0 saturated heterocycles. The predicted molar refractivity (Wildman–Crippen MR) is 101 cm³/mol. The zero-order chi connectivity index (χ0) is 16.5. The maximum atomic E-state index is 11.9. The summed E-state index contributed by atoms with van der Waals surface area (Å²) in [6.07, 6.45) is 8.42. The van der Waals surface area contributed by atoms with Gasteiger partial charge >= 0.3 is 0 Å². The monoisotopic (exact) mass is 406 g/mol. The second-order valence-corrected chi connectivity index (χ2v) is 8.02. The Hall–Kier alpha value is -1.60. The van der Waals surface area contributed by atoms with Gasteiger partial charge < -0.3 is 21.1 Å². The summed E-state index contributed by atoms with van der Waals surface area (Å²) in [6, 6.07) is 2.22. The number of nitrogens with two attached hydrogens (primary N) is 1. The van der Waals surface area contributed by atoms with E-state index in [-0.39, 0.29) is 17.0 Å². The molecule has 7 heteroatoms. The molecule has 2 heterocycles. The van der Waals surface area contributed by atoms with Crippen LogP contribution in [0.15, 0.2) is 18.5 Å². The lowest BCUT2D eigenvalue weighted by Crippen LogP contribution is -2.59. The first-order chi connectivity index (χ1) is 11.5. The quantitative estimate of drug-likeness (QED) is 0.628. The van der Waals surface area contributed by atoms with Crippen LogP contribution in [0, 0.1) is 17.8 Å². The van der Waals surface area contributed by atoms with E-state index < -0.39 is 11.5 Å². The molecule has 0 radical (unpaired) electrons. The first-order valence-electron chi connectivity index (χ1n) is 8.77. The maximum absolute atomic E-state index is 11.9. The molecule has 6 rings (SSSR count). The molecule has 5 N–H and O–H groups in total. The number of amides is 1. The van der Waals surface area contributed by atoms with E-state index in [2.05, 4.69) is 15.3 Å². The van der Waals surface area contributed by atoms with Crippen molar-refractivity contribution in [3.8, 4) is 0 Å². The summed E-state index contributed by atoms with van der Waals surface area (Å²) in [7, 11) is 0. The van der Waals surface area contributed by atoms with Crippen LogP contribution in [-0.4, -0.2) is 32.6 Å². The van der Waals surface area contributed by atoms with Crippen LogP contribution < -0.4 is 11.1 Å². The molecule has 4 fully saturated rings. The molecule has 6 nitrogen and oxygen atoms in total. The Labute approximate surface area is 156 Å². The fraction of sp³-hybridized carbons (Fsp3) is 0.556. The summed E-state index contributed by atoms with van der Waals surface area (Å²) in [4.78, 5) is 19.3. The summed E-state index contributed by atoms with van der Waals surface area (Å²) < 4.78 is 0. The number of aliphatic hydroxyl groups is 1. The van der Waals surface area contributed by atoms with E-state index in [1.54, 1.807) is 6.20 Å². The zero-order valence-electron chi connectivity index (χ0n) is 13.9. The van der Waals surface area contributed by atoms with Crippen molar-refractivity contribution in [1.29, 1.82) is 0 Å². The van der Waals surface area contributed by atoms with Crippen LogP contribution in [0.4, 0.5) is 5.69 Å². The number of nitrogens with one attached hydrogen (secondary N) is 2. The van der Waals surface area contributed by atoms with Crippen molar-refractivity contribution in [2.45, 2.75) is 43.7 Å². The summed E-state index contributed by atoms with van der Waals surface area (Å²) in [5, 5.41) is 15.3. The Balaban J connectivity index is 0.00000157. The van der Waals surface area contributed by atoms with E-state index in [1.165, 1.54) is 12.8 Å². The third-order valence-electron chi connectivity index (χ3n) is 6.40. The average Bonchev–Trinajstić information content (AvgIpc) is 2.97. The summed E-state index contributed by atoms with van der Waals surface area (Å²) in [5.41, 5.74) is 7.10. The van der Waals surface area contributed by atoms with Crippen LogP contribution in [0.25, 0.3) is 11.0 Å². The summed E-state index contributed by atoms with van der Waals surface area (Å²) >= 11 is 0. The molecule has 0 aliphatic heterocycles. The number of primary amides is 1. The van der Waals surface area contributed by atoms with Gasteiger partial charge in [-0.15, -0.1) is 17.0 Å². The second-order valence-electron chi connectivity index (χ2n) is 8.02. The smallest absolute Gasteiger partial charge is 0.252 e. The molecule has 2 aromatic rings. The number of pyridine rings is 1. The van der Waals surface area contributed by atoms with E-state index >= 15 is 0 Å². The fourth-order valence-electron chi connectivity index (χ4n) is 5.73. The minimum atomic E-state index is -0.462. The molecule has 0 spiro atoms. The lowest BCUT2D eigenvalue weighted by atomic mass is 9.52. The number of anilines is 1. The Morgan fingerprint density at radius 3 is 2.68 bits per heavy atom. The maximum Gasteiger partial charge on any atom is 0.252 e. The second kappa shape index (κ2) is 5.71. The van der Waals surface area contributed by atoms with Gasteiger partial charge in [-0.05, 0) is 55.9 Å². The van der Waals surface area contributed by atoms with Gasteiger partial charge in [0, 0.05) is 23.8 Å². The fourth-order valence-corrected chi connectivity index (χ4v) is 5.73. The standard InChI is InChI=1S/C18H22N4O2.BrH/c19-16(23)13-8-21-17-12(1-2-20-17)15(13)22-14-10-3-9-4-11(14)7-18(24,5-9)6-10;/h1-2,8-11,14,24H,3-7H2,(H2,19,23)(H2,20,21,22);1H/t9-,10+,11-,14-,18+;. The van der Waals surface area contributed by atoms with Gasteiger partial charge in [-0.25, -0.2) is 4.98 Å². The highest BCUT2D eigenvalue weighted by molar-refractivity contribution is 8.93. The van der Waals surface area contributed by atoms with E-state index in [4.69, 9.17) is 5.73 Å². The van der Waals surface area contributed by atoms with Gasteiger partial charge in [0.25, 0.3) is 5.91 Å². The Kier molecular flexibility index (Phi) is 3.85. The van der Waals surface area contributed by atoms with Gasteiger partial charge in [0.1, 0.15) is 5.65 Å². The van der Waals surface area contributed by atoms with Gasteiger partial charge in [0.15, 0.2) is 0 Å². The molecule has 134 valence electrons. The lowest BCUT2D eigenvalue weighted by Gasteiger charge is -2.58. The van der Waals surface area contributed by atoms with Gasteiger partial charge in [-0.3, -0.25) is 4.79 Å². The van der Waals surface area contributed by atoms with E-state index in [9.17, 15) is 9.90 Å². The number of hydrogen-bond acceptors (Lipinski definition) is 4. The van der Waals surface area contributed by atoms with Crippen molar-refractivity contribution in [3.05, 3.63) is 24.0 Å². The summed E-state index contributed by atoms with van der Waals surface area (Å²) in [6.45, 7) is 0. The van der Waals surface area contributed by atoms with Crippen LogP contribution >= 0.6 is 17.0 Å². The van der Waals surface area contributed by atoms with Crippen LogP contribution in [0.2, 0.25) is 0 Å². The molecule has 1 amide bonds. The molecule has 0 aromatic carbocycles. The normalized spacial score (nSPS) is 35.6. The van der Waals surface area contributed by atoms with E-state index in [0.717, 1.165) is 36.0 Å². The third kappa shape index (κ3) is 2.56. The van der Waals surface area contributed by atoms with Crippen LogP contribution in [0.1, 0.15) is 42.5 Å². The van der Waals surface area contributed by atoms with E-state index in [1.807, 2.05) is 12.3 Å². The molecular formula is C18H23BrN4O2. The average molecular weight is 407 g/mol. The van der Waals surface area contributed by atoms with E-state index in [0.29, 0.717) is 29.4 Å². The highest BCUT2D eigenvalue weighted by atomic mass is 79.9. The zero-order valence-corrected chi connectivity index (χ0v) is 15.6. The lowest BCUT2D eigenvalue weighted by molar-refractivity contribution is -0.129. The van der Waals surface area contributed by atoms with Gasteiger partial charge in [-0.2, -0.15) is 0 Å². The molecule has 5 atom stereocenters. The third-order valence-corrected chi connectivity index (χ3v) is 6.40. The summed E-state index contributed by atoms with van der Waals surface area (Å²) in [5.74, 6) is 1.12. The van der Waals surface area contributed by atoms with Crippen LogP contribution in [0.3, 0.4) is 0 Å². The first-order valence-corrected chi connectivity index (χ1v) is 8.77. The van der Waals surface area contributed by atoms with Crippen molar-refractivity contribution in [2.75, 3.05) is 5.32 Å². The number of carbonyl (C=O) groups is 1.